The number of hydrogen-bond acceptors (Lipinski definition) is 6. The number of carboxylic acids is 1. The van der Waals surface area contributed by atoms with E-state index < -0.39 is 22.8 Å². The van der Waals surface area contributed by atoms with Gasteiger partial charge >= 0.3 is 5.97 Å². The van der Waals surface area contributed by atoms with Gasteiger partial charge in [0.15, 0.2) is 17.3 Å². The monoisotopic (exact) mass is 412 g/mol. The van der Waals surface area contributed by atoms with Crippen LogP contribution in [0.15, 0.2) is 41.3 Å². The third-order valence-corrected chi connectivity index (χ3v) is 5.54. The Morgan fingerprint density at radius 2 is 2.03 bits per heavy atom. The molecule has 1 aliphatic heterocycles. The van der Waals surface area contributed by atoms with Gasteiger partial charge in [-0.15, -0.1) is 0 Å². The number of halogens is 1. The van der Waals surface area contributed by atoms with Crippen molar-refractivity contribution in [2.45, 2.75) is 19.4 Å². The van der Waals surface area contributed by atoms with E-state index in [9.17, 15) is 24.2 Å². The predicted molar refractivity (Wildman–Crippen MR) is 110 cm³/mol. The van der Waals surface area contributed by atoms with Crippen molar-refractivity contribution in [2.75, 3.05) is 18.0 Å². The number of aromatic hydroxyl groups is 1. The van der Waals surface area contributed by atoms with Crippen molar-refractivity contribution in [1.29, 1.82) is 0 Å². The second-order valence-electron chi connectivity index (χ2n) is 7.58. The van der Waals surface area contributed by atoms with E-state index in [0.29, 0.717) is 18.8 Å². The number of rotatable bonds is 4. The van der Waals surface area contributed by atoms with E-state index in [4.69, 9.17) is 5.73 Å². The number of phenolic OH excluding ortho intramolecular Hbond substituents is 1. The number of anilines is 1. The van der Waals surface area contributed by atoms with Crippen LogP contribution in [0.1, 0.15) is 23.7 Å². The summed E-state index contributed by atoms with van der Waals surface area (Å²) in [6, 6.07) is 6.97. The average Bonchev–Trinajstić information content (AvgIpc) is 3.19. The first-order valence-corrected chi connectivity index (χ1v) is 9.55. The predicted octanol–water partition coefficient (Wildman–Crippen LogP) is 2.10. The van der Waals surface area contributed by atoms with Crippen LogP contribution in [0.25, 0.3) is 16.7 Å². The molecule has 0 aliphatic carbocycles. The lowest BCUT2D eigenvalue weighted by Gasteiger charge is -2.21. The molecule has 9 heteroatoms. The van der Waals surface area contributed by atoms with Crippen LogP contribution in [0, 0.1) is 11.7 Å². The molecule has 4 rings (SSSR count). The number of aromatic nitrogens is 2. The lowest BCUT2D eigenvalue weighted by molar-refractivity contribution is 0.0695. The minimum Gasteiger partial charge on any atom is -0.508 e. The number of fused-ring (bicyclic) bond motifs is 1. The summed E-state index contributed by atoms with van der Waals surface area (Å²) in [5.41, 5.74) is 5.29. The molecule has 4 N–H and O–H groups in total. The van der Waals surface area contributed by atoms with Gasteiger partial charge in [0, 0.05) is 31.0 Å². The largest absolute Gasteiger partial charge is 0.508 e. The average molecular weight is 412 g/mol. The van der Waals surface area contributed by atoms with Crippen LogP contribution in [0.4, 0.5) is 10.2 Å². The van der Waals surface area contributed by atoms with Gasteiger partial charge in [-0.25, -0.2) is 14.2 Å². The highest BCUT2D eigenvalue weighted by Gasteiger charge is 2.29. The topological polar surface area (TPSA) is 122 Å². The molecule has 1 fully saturated rings. The van der Waals surface area contributed by atoms with E-state index >= 15 is 0 Å². The van der Waals surface area contributed by atoms with Gasteiger partial charge < -0.3 is 25.4 Å². The Bertz CT molecular complexity index is 1190. The van der Waals surface area contributed by atoms with Crippen molar-refractivity contribution in [1.82, 2.24) is 9.55 Å². The maximum atomic E-state index is 14.9. The Kier molecular flexibility index (Phi) is 4.90. The molecule has 156 valence electrons. The van der Waals surface area contributed by atoms with Gasteiger partial charge in [0.05, 0.1) is 5.39 Å². The van der Waals surface area contributed by atoms with Crippen LogP contribution in [0.5, 0.6) is 5.75 Å². The molecule has 0 radical (unpaired) electrons. The molecule has 3 aromatic rings. The van der Waals surface area contributed by atoms with Crippen LogP contribution >= 0.6 is 0 Å². The van der Waals surface area contributed by atoms with Crippen molar-refractivity contribution in [2.24, 2.45) is 11.7 Å². The highest BCUT2D eigenvalue weighted by molar-refractivity contribution is 5.92. The molecule has 1 aliphatic rings. The zero-order valence-corrected chi connectivity index (χ0v) is 16.2. The maximum absolute atomic E-state index is 14.9. The minimum absolute atomic E-state index is 0.0289. The van der Waals surface area contributed by atoms with Gasteiger partial charge in [0.25, 0.3) is 0 Å². The van der Waals surface area contributed by atoms with Crippen molar-refractivity contribution in [3.05, 3.63) is 58.1 Å². The summed E-state index contributed by atoms with van der Waals surface area (Å²) in [5.74, 6) is -1.78. The summed E-state index contributed by atoms with van der Waals surface area (Å²) >= 11 is 0. The first-order valence-electron chi connectivity index (χ1n) is 9.55. The summed E-state index contributed by atoms with van der Waals surface area (Å²) in [4.78, 5) is 30.5. The highest BCUT2D eigenvalue weighted by atomic mass is 19.1. The second kappa shape index (κ2) is 7.42. The zero-order chi connectivity index (χ0) is 21.6. The number of nitrogens with zero attached hydrogens (tertiary/aromatic N) is 3. The number of nitrogens with two attached hydrogens (primary N) is 1. The van der Waals surface area contributed by atoms with E-state index in [0.717, 1.165) is 12.5 Å². The summed E-state index contributed by atoms with van der Waals surface area (Å²) in [6.07, 6.45) is 1.97. The summed E-state index contributed by atoms with van der Waals surface area (Å²) < 4.78 is 16.4. The summed E-state index contributed by atoms with van der Waals surface area (Å²) in [7, 11) is 0. The number of carboxylic acid groups (broad SMARTS) is 1. The number of benzene rings is 1. The first kappa shape index (κ1) is 19.8. The Labute approximate surface area is 171 Å². The lowest BCUT2D eigenvalue weighted by atomic mass is 10.0. The van der Waals surface area contributed by atoms with Gasteiger partial charge in [-0.3, -0.25) is 4.79 Å². The Balaban J connectivity index is 1.94. The molecule has 8 nitrogen and oxygen atoms in total. The van der Waals surface area contributed by atoms with Crippen molar-refractivity contribution in [3.8, 4) is 11.4 Å². The molecular formula is C21H21FN4O4. The molecule has 1 saturated heterocycles. The molecule has 2 aromatic heterocycles. The van der Waals surface area contributed by atoms with Gasteiger partial charge in [0.2, 0.25) is 5.43 Å². The minimum atomic E-state index is -1.42. The first-order chi connectivity index (χ1) is 14.3. The van der Waals surface area contributed by atoms with Crippen molar-refractivity contribution >= 4 is 22.8 Å². The van der Waals surface area contributed by atoms with Crippen LogP contribution in [0.3, 0.4) is 0 Å². The summed E-state index contributed by atoms with van der Waals surface area (Å²) in [6.45, 7) is 3.04. The number of pyridine rings is 2. The standard InChI is InChI=1S/C21H21FN4O4/c1-11(23)12-6-7-25(9-12)20-17(22)8-15-18(28)16(21(29)30)10-26(19(15)24-20)13-2-4-14(27)5-3-13/h2-5,8,10-12,27H,6-7,9,23H2,1H3,(H,29,30)/t11-,12+/m0/s1. The fourth-order valence-corrected chi connectivity index (χ4v) is 3.81. The fraction of sp³-hybridized carbons (Fsp3) is 0.286. The third kappa shape index (κ3) is 3.37. The summed E-state index contributed by atoms with van der Waals surface area (Å²) in [5, 5.41) is 18.9. The van der Waals surface area contributed by atoms with E-state index in [-0.39, 0.29) is 34.6 Å². The van der Waals surface area contributed by atoms with E-state index in [2.05, 4.69) is 4.98 Å². The normalized spacial score (nSPS) is 17.4. The Morgan fingerprint density at radius 3 is 2.63 bits per heavy atom. The lowest BCUT2D eigenvalue weighted by Crippen LogP contribution is -2.30. The van der Waals surface area contributed by atoms with Crippen LogP contribution in [0.2, 0.25) is 0 Å². The van der Waals surface area contributed by atoms with Crippen molar-refractivity contribution in [3.63, 3.8) is 0 Å². The second-order valence-corrected chi connectivity index (χ2v) is 7.58. The number of aromatic carboxylic acids is 1. The van der Waals surface area contributed by atoms with E-state index in [1.54, 1.807) is 17.0 Å². The number of phenols is 1. The quantitative estimate of drug-likeness (QED) is 0.600. The Hall–Kier alpha value is -3.46. The van der Waals surface area contributed by atoms with Gasteiger partial charge in [-0.2, -0.15) is 0 Å². The van der Waals surface area contributed by atoms with E-state index in [1.807, 2.05) is 6.92 Å². The molecule has 0 spiro atoms. The molecule has 0 saturated carbocycles. The fourth-order valence-electron chi connectivity index (χ4n) is 3.81. The zero-order valence-electron chi connectivity index (χ0n) is 16.2. The molecular weight excluding hydrogens is 391 g/mol. The highest BCUT2D eigenvalue weighted by Crippen LogP contribution is 2.29. The Morgan fingerprint density at radius 1 is 1.33 bits per heavy atom. The maximum Gasteiger partial charge on any atom is 0.341 e. The molecule has 0 unspecified atom stereocenters. The van der Waals surface area contributed by atoms with Gasteiger partial charge in [0.1, 0.15) is 11.3 Å². The smallest absolute Gasteiger partial charge is 0.341 e. The third-order valence-electron chi connectivity index (χ3n) is 5.54. The molecule has 0 amide bonds. The molecule has 1 aromatic carbocycles. The molecule has 30 heavy (non-hydrogen) atoms. The van der Waals surface area contributed by atoms with Gasteiger partial charge in [-0.1, -0.05) is 0 Å². The van der Waals surface area contributed by atoms with Gasteiger partial charge in [-0.05, 0) is 49.6 Å². The molecule has 0 bridgehead atoms. The number of hydrogen-bond donors (Lipinski definition) is 3. The van der Waals surface area contributed by atoms with E-state index in [1.165, 1.54) is 22.9 Å². The van der Waals surface area contributed by atoms with Crippen LogP contribution in [-0.4, -0.2) is 44.9 Å². The van der Waals surface area contributed by atoms with Crippen LogP contribution in [-0.2, 0) is 0 Å². The molecule has 2 atom stereocenters. The van der Waals surface area contributed by atoms with Crippen molar-refractivity contribution < 1.29 is 19.4 Å². The molecule has 3 heterocycles. The SMILES string of the molecule is C[C@H](N)[C@@H]1CCN(c2nc3c(cc2F)c(=O)c(C(=O)O)cn3-c2ccc(O)cc2)C1. The number of carbonyl (C=O) groups is 1. The van der Waals surface area contributed by atoms with Crippen LogP contribution < -0.4 is 16.1 Å².